The number of aryl methyl sites for hydroxylation is 1. The normalized spacial score (nSPS) is 12.7. The number of aromatic nitrogens is 1. The molecule has 1 unspecified atom stereocenters. The minimum atomic E-state index is -1.01. The molecule has 0 radical (unpaired) electrons. The van der Waals surface area contributed by atoms with Crippen LogP contribution in [0.25, 0.3) is 0 Å². The first-order valence-electron chi connectivity index (χ1n) is 9.31. The highest BCUT2D eigenvalue weighted by Crippen LogP contribution is 2.15. The zero-order chi connectivity index (χ0) is 21.4. The number of benzene rings is 1. The first-order valence-corrected chi connectivity index (χ1v) is 9.69. The third-order valence-corrected chi connectivity index (χ3v) is 4.40. The van der Waals surface area contributed by atoms with Crippen molar-refractivity contribution in [3.05, 3.63) is 46.7 Å². The Kier molecular flexibility index (Phi) is 8.21. The van der Waals surface area contributed by atoms with Crippen LogP contribution in [0, 0.1) is 6.92 Å². The molecule has 2 aromatic rings. The number of nitrogens with one attached hydrogen (secondary N) is 2. The molecule has 1 aromatic carbocycles. The number of halogens is 1. The van der Waals surface area contributed by atoms with Gasteiger partial charge in [-0.05, 0) is 38.8 Å². The smallest absolute Gasteiger partial charge is 0.329 e. The van der Waals surface area contributed by atoms with Crippen LogP contribution in [0.1, 0.15) is 49.2 Å². The van der Waals surface area contributed by atoms with Gasteiger partial charge in [0.1, 0.15) is 11.8 Å². The van der Waals surface area contributed by atoms with E-state index in [4.69, 9.17) is 20.9 Å². The quantitative estimate of drug-likeness (QED) is 0.599. The summed E-state index contributed by atoms with van der Waals surface area (Å²) >= 11 is 6.00. The molecule has 29 heavy (non-hydrogen) atoms. The predicted octanol–water partition coefficient (Wildman–Crippen LogP) is 3.50. The van der Waals surface area contributed by atoms with Crippen LogP contribution in [0.15, 0.2) is 34.9 Å². The highest BCUT2D eigenvalue weighted by Gasteiger charge is 2.27. The number of ether oxygens (including phenoxy) is 1. The van der Waals surface area contributed by atoms with Crippen LogP contribution in [0.2, 0.25) is 5.02 Å². The van der Waals surface area contributed by atoms with Gasteiger partial charge in [-0.15, -0.1) is 0 Å². The Hall–Kier alpha value is -2.87. The minimum absolute atomic E-state index is 0.241. The van der Waals surface area contributed by atoms with Crippen molar-refractivity contribution in [1.82, 2.24) is 10.5 Å². The Morgan fingerprint density at radius 1 is 1.28 bits per heavy atom. The van der Waals surface area contributed by atoms with Crippen molar-refractivity contribution in [3.8, 4) is 0 Å². The molecule has 0 bridgehead atoms. The minimum Gasteiger partial charge on any atom is -0.451 e. The molecular weight excluding hydrogens is 398 g/mol. The summed E-state index contributed by atoms with van der Waals surface area (Å²) in [7, 11) is 0. The maximum absolute atomic E-state index is 12.5. The summed E-state index contributed by atoms with van der Waals surface area (Å²) in [6.45, 7) is 5.14. The van der Waals surface area contributed by atoms with Gasteiger partial charge in [-0.2, -0.15) is 0 Å². The lowest BCUT2D eigenvalue weighted by Crippen LogP contribution is -2.43. The van der Waals surface area contributed by atoms with Gasteiger partial charge in [-0.1, -0.05) is 42.2 Å². The van der Waals surface area contributed by atoms with Gasteiger partial charge in [0, 0.05) is 6.07 Å². The molecule has 1 aromatic heterocycles. The number of nitrogens with zero attached hydrogens (tertiary/aromatic N) is 1. The molecule has 0 saturated carbocycles. The first-order chi connectivity index (χ1) is 13.8. The van der Waals surface area contributed by atoms with Gasteiger partial charge in [-0.25, -0.2) is 4.79 Å². The Balaban J connectivity index is 1.99. The zero-order valence-corrected chi connectivity index (χ0v) is 17.3. The summed E-state index contributed by atoms with van der Waals surface area (Å²) in [6.07, 6.45) is 0.835. The van der Waals surface area contributed by atoms with E-state index < -0.39 is 29.9 Å². The van der Waals surface area contributed by atoms with Gasteiger partial charge >= 0.3 is 5.97 Å². The van der Waals surface area contributed by atoms with Gasteiger partial charge in [0.05, 0.1) is 10.6 Å². The fourth-order valence-corrected chi connectivity index (χ4v) is 2.71. The van der Waals surface area contributed by atoms with Crippen LogP contribution in [0.4, 0.5) is 5.82 Å². The monoisotopic (exact) mass is 421 g/mol. The Morgan fingerprint density at radius 3 is 2.62 bits per heavy atom. The molecule has 156 valence electrons. The van der Waals surface area contributed by atoms with Gasteiger partial charge in [-0.3, -0.25) is 9.59 Å². The van der Waals surface area contributed by atoms with E-state index in [2.05, 4.69) is 15.8 Å². The van der Waals surface area contributed by atoms with Crippen LogP contribution in [-0.4, -0.2) is 35.1 Å². The largest absolute Gasteiger partial charge is 0.451 e. The van der Waals surface area contributed by atoms with E-state index >= 15 is 0 Å². The van der Waals surface area contributed by atoms with E-state index in [9.17, 15) is 14.4 Å². The number of carbonyl (C=O) groups excluding carboxylic acids is 3. The number of rotatable bonds is 9. The summed E-state index contributed by atoms with van der Waals surface area (Å²) in [5, 5.41) is 9.07. The lowest BCUT2D eigenvalue weighted by Gasteiger charge is -2.20. The molecule has 2 amide bonds. The number of hydrogen-bond acceptors (Lipinski definition) is 6. The fraction of sp³-hybridized carbons (Fsp3) is 0.400. The van der Waals surface area contributed by atoms with Crippen molar-refractivity contribution in [3.63, 3.8) is 0 Å². The second-order valence-electron chi connectivity index (χ2n) is 6.55. The average Bonchev–Trinajstić information content (AvgIpc) is 3.09. The molecular formula is C20H24ClN3O5. The van der Waals surface area contributed by atoms with E-state index in [1.54, 1.807) is 37.3 Å². The predicted molar refractivity (Wildman–Crippen MR) is 108 cm³/mol. The molecule has 2 atom stereocenters. The average molecular weight is 422 g/mol. The topological polar surface area (TPSA) is 111 Å². The molecule has 8 nitrogen and oxygen atoms in total. The van der Waals surface area contributed by atoms with Crippen LogP contribution in [0.5, 0.6) is 0 Å². The number of unbranched alkanes of at least 4 members (excludes halogenated alkanes) is 1. The Labute approximate surface area is 173 Å². The van der Waals surface area contributed by atoms with Crippen LogP contribution < -0.4 is 10.6 Å². The van der Waals surface area contributed by atoms with Crippen molar-refractivity contribution in [2.24, 2.45) is 0 Å². The highest BCUT2D eigenvalue weighted by molar-refractivity contribution is 6.33. The van der Waals surface area contributed by atoms with Gasteiger partial charge in [0.2, 0.25) is 0 Å². The number of hydrogen-bond donors (Lipinski definition) is 2. The standard InChI is InChI=1S/C20H24ClN3O5/c1-4-5-10-16(19(26)23-17-11-12(2)29-24-17)28-20(27)13(3)22-18(25)14-8-6-7-9-15(14)21/h6-9,11,13,16H,4-5,10H2,1-3H3,(H,22,25)(H,23,24,26)/t13-,16?/m0/s1. The molecule has 2 rings (SSSR count). The molecule has 2 N–H and O–H groups in total. The van der Waals surface area contributed by atoms with E-state index in [1.165, 1.54) is 6.92 Å². The number of carbonyl (C=O) groups is 3. The SMILES string of the molecule is CCCCC(OC(=O)[C@H](C)NC(=O)c1ccccc1Cl)C(=O)Nc1cc(C)on1. The summed E-state index contributed by atoms with van der Waals surface area (Å²) in [5.74, 6) is -0.959. The van der Waals surface area contributed by atoms with Crippen LogP contribution in [0.3, 0.4) is 0 Å². The number of anilines is 1. The maximum atomic E-state index is 12.5. The third kappa shape index (κ3) is 6.60. The lowest BCUT2D eigenvalue weighted by molar-refractivity contribution is -0.156. The van der Waals surface area contributed by atoms with Crippen molar-refractivity contribution < 1.29 is 23.6 Å². The van der Waals surface area contributed by atoms with Crippen molar-refractivity contribution >= 4 is 35.2 Å². The fourth-order valence-electron chi connectivity index (χ4n) is 2.49. The van der Waals surface area contributed by atoms with Crippen molar-refractivity contribution in [1.29, 1.82) is 0 Å². The summed E-state index contributed by atoms with van der Waals surface area (Å²) in [4.78, 5) is 37.3. The molecule has 0 aliphatic heterocycles. The van der Waals surface area contributed by atoms with Crippen molar-refractivity contribution in [2.45, 2.75) is 52.2 Å². The van der Waals surface area contributed by atoms with E-state index in [-0.39, 0.29) is 16.4 Å². The van der Waals surface area contributed by atoms with E-state index in [1.807, 2.05) is 6.92 Å². The first kappa shape index (κ1) is 22.4. The molecule has 0 spiro atoms. The van der Waals surface area contributed by atoms with E-state index in [0.717, 1.165) is 6.42 Å². The maximum Gasteiger partial charge on any atom is 0.329 e. The molecule has 0 saturated heterocycles. The Morgan fingerprint density at radius 2 is 2.00 bits per heavy atom. The van der Waals surface area contributed by atoms with Crippen LogP contribution in [-0.2, 0) is 14.3 Å². The lowest BCUT2D eigenvalue weighted by atomic mass is 10.1. The molecule has 0 aliphatic rings. The second-order valence-corrected chi connectivity index (χ2v) is 6.96. The van der Waals surface area contributed by atoms with Gasteiger partial charge in [0.15, 0.2) is 11.9 Å². The summed E-state index contributed by atoms with van der Waals surface area (Å²) in [5.41, 5.74) is 0.246. The zero-order valence-electron chi connectivity index (χ0n) is 16.5. The summed E-state index contributed by atoms with van der Waals surface area (Å²) < 4.78 is 10.3. The highest BCUT2D eigenvalue weighted by atomic mass is 35.5. The summed E-state index contributed by atoms with van der Waals surface area (Å²) in [6, 6.07) is 7.08. The number of esters is 1. The molecule has 1 heterocycles. The van der Waals surface area contributed by atoms with Crippen LogP contribution >= 0.6 is 11.6 Å². The van der Waals surface area contributed by atoms with Gasteiger partial charge in [0.25, 0.3) is 11.8 Å². The number of amides is 2. The molecule has 0 aliphatic carbocycles. The Bertz CT molecular complexity index is 867. The van der Waals surface area contributed by atoms with Gasteiger partial charge < -0.3 is 19.9 Å². The molecule has 9 heteroatoms. The van der Waals surface area contributed by atoms with E-state index in [0.29, 0.717) is 18.6 Å². The second kappa shape index (κ2) is 10.6. The third-order valence-electron chi connectivity index (χ3n) is 4.07. The van der Waals surface area contributed by atoms with Crippen molar-refractivity contribution in [2.75, 3.05) is 5.32 Å². The molecule has 0 fully saturated rings.